The molecule has 102 valence electrons. The SMILES string of the molecule is CCc1c(C)nn(CCCC(=O)c2cccs2)c1C. The van der Waals surface area contributed by atoms with E-state index in [2.05, 4.69) is 25.9 Å². The maximum Gasteiger partial charge on any atom is 0.172 e. The van der Waals surface area contributed by atoms with Crippen molar-refractivity contribution in [3.8, 4) is 0 Å². The summed E-state index contributed by atoms with van der Waals surface area (Å²) in [6.45, 7) is 7.14. The van der Waals surface area contributed by atoms with Gasteiger partial charge in [0.15, 0.2) is 5.78 Å². The molecule has 2 aromatic heterocycles. The van der Waals surface area contributed by atoms with Gasteiger partial charge in [-0.15, -0.1) is 11.3 Å². The van der Waals surface area contributed by atoms with Crippen molar-refractivity contribution in [2.24, 2.45) is 0 Å². The average Bonchev–Trinajstić information content (AvgIpc) is 2.99. The van der Waals surface area contributed by atoms with E-state index in [-0.39, 0.29) is 5.78 Å². The van der Waals surface area contributed by atoms with Crippen molar-refractivity contribution in [3.63, 3.8) is 0 Å². The zero-order valence-corrected chi connectivity index (χ0v) is 12.6. The fourth-order valence-electron chi connectivity index (χ4n) is 2.41. The first-order valence-electron chi connectivity index (χ1n) is 6.73. The highest BCUT2D eigenvalue weighted by Gasteiger charge is 2.11. The van der Waals surface area contributed by atoms with E-state index in [1.54, 1.807) is 0 Å². The van der Waals surface area contributed by atoms with Crippen molar-refractivity contribution >= 4 is 17.1 Å². The van der Waals surface area contributed by atoms with Crippen LogP contribution in [-0.2, 0) is 13.0 Å². The molecule has 2 heterocycles. The van der Waals surface area contributed by atoms with Crippen LogP contribution >= 0.6 is 11.3 Å². The molecule has 0 aliphatic carbocycles. The molecule has 2 rings (SSSR count). The quantitative estimate of drug-likeness (QED) is 0.752. The zero-order valence-electron chi connectivity index (χ0n) is 11.8. The monoisotopic (exact) mass is 276 g/mol. The minimum atomic E-state index is 0.243. The third-order valence-electron chi connectivity index (χ3n) is 3.45. The molecule has 2 aromatic rings. The number of carbonyl (C=O) groups is 1. The summed E-state index contributed by atoms with van der Waals surface area (Å²) in [6.07, 6.45) is 2.47. The normalized spacial score (nSPS) is 10.9. The van der Waals surface area contributed by atoms with E-state index < -0.39 is 0 Å². The van der Waals surface area contributed by atoms with Crippen molar-refractivity contribution in [1.82, 2.24) is 9.78 Å². The third-order valence-corrected chi connectivity index (χ3v) is 4.37. The lowest BCUT2D eigenvalue weighted by Crippen LogP contribution is -2.05. The van der Waals surface area contributed by atoms with Crippen LogP contribution in [0.15, 0.2) is 17.5 Å². The van der Waals surface area contributed by atoms with Crippen LogP contribution < -0.4 is 0 Å². The number of thiophene rings is 1. The van der Waals surface area contributed by atoms with E-state index in [1.807, 2.05) is 22.2 Å². The summed E-state index contributed by atoms with van der Waals surface area (Å²) in [5, 5.41) is 6.49. The van der Waals surface area contributed by atoms with Crippen LogP contribution in [0.1, 0.15) is 46.4 Å². The second kappa shape index (κ2) is 6.15. The molecule has 0 saturated carbocycles. The highest BCUT2D eigenvalue weighted by Crippen LogP contribution is 2.16. The fourth-order valence-corrected chi connectivity index (χ4v) is 3.11. The Hall–Kier alpha value is -1.42. The van der Waals surface area contributed by atoms with Crippen molar-refractivity contribution in [1.29, 1.82) is 0 Å². The van der Waals surface area contributed by atoms with Gasteiger partial charge >= 0.3 is 0 Å². The molecule has 0 saturated heterocycles. The second-order valence-corrected chi connectivity index (χ2v) is 5.68. The lowest BCUT2D eigenvalue weighted by Gasteiger charge is -2.04. The lowest BCUT2D eigenvalue weighted by atomic mass is 10.1. The Morgan fingerprint density at radius 3 is 2.79 bits per heavy atom. The number of aryl methyl sites for hydroxylation is 2. The van der Waals surface area contributed by atoms with Crippen molar-refractivity contribution in [3.05, 3.63) is 39.3 Å². The predicted octanol–water partition coefficient (Wildman–Crippen LogP) is 3.79. The van der Waals surface area contributed by atoms with E-state index in [0.717, 1.165) is 30.0 Å². The van der Waals surface area contributed by atoms with Crippen molar-refractivity contribution < 1.29 is 4.79 Å². The molecule has 0 bridgehead atoms. The molecule has 0 aliphatic rings. The molecule has 3 nitrogen and oxygen atoms in total. The van der Waals surface area contributed by atoms with Crippen LogP contribution in [0, 0.1) is 13.8 Å². The number of aromatic nitrogens is 2. The molecule has 0 aliphatic heterocycles. The second-order valence-electron chi connectivity index (χ2n) is 4.73. The number of carbonyl (C=O) groups excluding carboxylic acids is 1. The van der Waals surface area contributed by atoms with Crippen LogP contribution in [0.2, 0.25) is 0 Å². The van der Waals surface area contributed by atoms with Gasteiger partial charge in [-0.3, -0.25) is 9.48 Å². The van der Waals surface area contributed by atoms with E-state index >= 15 is 0 Å². The summed E-state index contributed by atoms with van der Waals surface area (Å²) < 4.78 is 2.04. The van der Waals surface area contributed by atoms with Crippen LogP contribution in [0.3, 0.4) is 0 Å². The van der Waals surface area contributed by atoms with Gasteiger partial charge in [0.25, 0.3) is 0 Å². The molecule has 0 spiro atoms. The molecule has 19 heavy (non-hydrogen) atoms. The molecule has 0 N–H and O–H groups in total. The molecule has 4 heteroatoms. The Balaban J connectivity index is 1.91. The Bertz CT molecular complexity index is 555. The fraction of sp³-hybridized carbons (Fsp3) is 0.467. The van der Waals surface area contributed by atoms with Gasteiger partial charge in [-0.05, 0) is 43.7 Å². The maximum absolute atomic E-state index is 11.9. The average molecular weight is 276 g/mol. The predicted molar refractivity (Wildman–Crippen MR) is 79.0 cm³/mol. The lowest BCUT2D eigenvalue weighted by molar-refractivity contribution is 0.0982. The first-order chi connectivity index (χ1) is 9.13. The van der Waals surface area contributed by atoms with E-state index in [0.29, 0.717) is 6.42 Å². The van der Waals surface area contributed by atoms with Crippen LogP contribution in [0.25, 0.3) is 0 Å². The summed E-state index contributed by atoms with van der Waals surface area (Å²) >= 11 is 1.52. The maximum atomic E-state index is 11.9. The topological polar surface area (TPSA) is 34.9 Å². The van der Waals surface area contributed by atoms with Gasteiger partial charge in [0.2, 0.25) is 0 Å². The molecule has 0 fully saturated rings. The van der Waals surface area contributed by atoms with Gasteiger partial charge in [0.1, 0.15) is 0 Å². The molecule has 0 unspecified atom stereocenters. The summed E-state index contributed by atoms with van der Waals surface area (Å²) in [5.41, 5.74) is 3.69. The first kappa shape index (κ1) is 14.0. The molecule has 0 amide bonds. The van der Waals surface area contributed by atoms with Crippen molar-refractivity contribution in [2.75, 3.05) is 0 Å². The molecule has 0 aromatic carbocycles. The molecular formula is C15H20N2OS. The molecular weight excluding hydrogens is 256 g/mol. The minimum absolute atomic E-state index is 0.243. The number of hydrogen-bond donors (Lipinski definition) is 0. The summed E-state index contributed by atoms with van der Waals surface area (Å²) in [5.74, 6) is 0.243. The van der Waals surface area contributed by atoms with Crippen LogP contribution in [0.4, 0.5) is 0 Å². The highest BCUT2D eigenvalue weighted by molar-refractivity contribution is 7.12. The minimum Gasteiger partial charge on any atom is -0.293 e. The third kappa shape index (κ3) is 3.13. The highest BCUT2D eigenvalue weighted by atomic mass is 32.1. The van der Waals surface area contributed by atoms with Gasteiger partial charge in [0.05, 0.1) is 10.6 Å². The number of rotatable bonds is 6. The molecule has 0 atom stereocenters. The Morgan fingerprint density at radius 2 is 2.21 bits per heavy atom. The number of ketones is 1. The smallest absolute Gasteiger partial charge is 0.172 e. The van der Waals surface area contributed by atoms with Gasteiger partial charge in [-0.2, -0.15) is 5.10 Å². The standard InChI is InChI=1S/C15H20N2OS/c1-4-13-11(2)16-17(12(13)3)9-5-7-14(18)15-8-6-10-19-15/h6,8,10H,4-5,7,9H2,1-3H3. The first-order valence-corrected chi connectivity index (χ1v) is 7.61. The summed E-state index contributed by atoms with van der Waals surface area (Å²) in [7, 11) is 0. The van der Waals surface area contributed by atoms with Gasteiger partial charge in [-0.25, -0.2) is 0 Å². The van der Waals surface area contributed by atoms with Gasteiger partial charge in [0, 0.05) is 18.7 Å². The van der Waals surface area contributed by atoms with Gasteiger partial charge in [-0.1, -0.05) is 13.0 Å². The Morgan fingerprint density at radius 1 is 1.42 bits per heavy atom. The summed E-state index contributed by atoms with van der Waals surface area (Å²) in [4.78, 5) is 12.8. The zero-order chi connectivity index (χ0) is 13.8. The van der Waals surface area contributed by atoms with E-state index in [1.165, 1.54) is 22.6 Å². The van der Waals surface area contributed by atoms with E-state index in [4.69, 9.17) is 0 Å². The van der Waals surface area contributed by atoms with Crippen LogP contribution in [-0.4, -0.2) is 15.6 Å². The number of Topliss-reactive ketones (excluding diaryl/α,β-unsaturated/α-hetero) is 1. The molecule has 0 radical (unpaired) electrons. The van der Waals surface area contributed by atoms with Crippen LogP contribution in [0.5, 0.6) is 0 Å². The number of nitrogens with zero attached hydrogens (tertiary/aromatic N) is 2. The Kier molecular flexibility index (Phi) is 4.53. The van der Waals surface area contributed by atoms with E-state index in [9.17, 15) is 4.79 Å². The summed E-state index contributed by atoms with van der Waals surface area (Å²) in [6, 6.07) is 3.82. The van der Waals surface area contributed by atoms with Gasteiger partial charge < -0.3 is 0 Å². The van der Waals surface area contributed by atoms with Crippen molar-refractivity contribution in [2.45, 2.75) is 46.6 Å². The Labute approximate surface area is 118 Å². The number of hydrogen-bond acceptors (Lipinski definition) is 3. The largest absolute Gasteiger partial charge is 0.293 e.